The van der Waals surface area contributed by atoms with Crippen LogP contribution in [-0.4, -0.2) is 18.0 Å². The number of hydrogen-bond acceptors (Lipinski definition) is 4. The average Bonchev–Trinajstić information content (AvgIpc) is 2.85. The second-order valence-corrected chi connectivity index (χ2v) is 6.18. The zero-order valence-corrected chi connectivity index (χ0v) is 13.1. The van der Waals surface area contributed by atoms with Gasteiger partial charge in [-0.2, -0.15) is 0 Å². The van der Waals surface area contributed by atoms with Crippen molar-refractivity contribution in [3.05, 3.63) is 51.2 Å². The Kier molecular flexibility index (Phi) is 4.98. The summed E-state index contributed by atoms with van der Waals surface area (Å²) in [5.41, 5.74) is 0.558. The van der Waals surface area contributed by atoms with E-state index in [9.17, 15) is 9.59 Å². The number of aryl methyl sites for hydroxylation is 1. The highest BCUT2D eigenvalue weighted by Gasteiger charge is 2.20. The molecule has 0 aliphatic rings. The maximum atomic E-state index is 12.0. The van der Waals surface area contributed by atoms with Crippen molar-refractivity contribution in [2.45, 2.75) is 20.0 Å². The van der Waals surface area contributed by atoms with Gasteiger partial charge < -0.3 is 10.1 Å². The van der Waals surface area contributed by atoms with Crippen LogP contribution >= 0.6 is 22.9 Å². The van der Waals surface area contributed by atoms with E-state index in [4.69, 9.17) is 16.3 Å². The highest BCUT2D eigenvalue weighted by Crippen LogP contribution is 2.18. The van der Waals surface area contributed by atoms with Crippen molar-refractivity contribution in [3.8, 4) is 0 Å². The van der Waals surface area contributed by atoms with Crippen molar-refractivity contribution in [3.63, 3.8) is 0 Å². The van der Waals surface area contributed by atoms with E-state index in [-0.39, 0.29) is 0 Å². The summed E-state index contributed by atoms with van der Waals surface area (Å²) in [6.45, 7) is 3.43. The topological polar surface area (TPSA) is 55.4 Å². The van der Waals surface area contributed by atoms with Gasteiger partial charge in [0, 0.05) is 15.6 Å². The first-order valence-electron chi connectivity index (χ1n) is 6.29. The van der Waals surface area contributed by atoms with E-state index in [0.717, 1.165) is 4.88 Å². The van der Waals surface area contributed by atoms with Gasteiger partial charge in [0.25, 0.3) is 5.91 Å². The highest BCUT2D eigenvalue weighted by atomic mass is 35.5. The maximum Gasteiger partial charge on any atom is 0.349 e. The van der Waals surface area contributed by atoms with Crippen molar-refractivity contribution in [1.29, 1.82) is 0 Å². The van der Waals surface area contributed by atoms with Gasteiger partial charge in [-0.3, -0.25) is 4.79 Å². The average molecular weight is 324 g/mol. The first-order chi connectivity index (χ1) is 9.95. The molecule has 1 atom stereocenters. The summed E-state index contributed by atoms with van der Waals surface area (Å²) in [5.74, 6) is -0.902. The summed E-state index contributed by atoms with van der Waals surface area (Å²) in [5, 5.41) is 3.17. The lowest BCUT2D eigenvalue weighted by molar-refractivity contribution is -0.123. The quantitative estimate of drug-likeness (QED) is 0.868. The predicted molar refractivity (Wildman–Crippen MR) is 84.0 cm³/mol. The fourth-order valence-electron chi connectivity index (χ4n) is 1.63. The Balaban J connectivity index is 1.95. The molecule has 1 amide bonds. The summed E-state index contributed by atoms with van der Waals surface area (Å²) in [6.07, 6.45) is -0.890. The number of carbonyl (C=O) groups is 2. The van der Waals surface area contributed by atoms with E-state index in [1.807, 2.05) is 13.0 Å². The number of thiophene rings is 1. The van der Waals surface area contributed by atoms with Gasteiger partial charge in [0.05, 0.1) is 0 Å². The van der Waals surface area contributed by atoms with Crippen LogP contribution in [0.2, 0.25) is 5.02 Å². The van der Waals surface area contributed by atoms with Crippen molar-refractivity contribution < 1.29 is 14.3 Å². The third-order valence-electron chi connectivity index (χ3n) is 2.69. The Morgan fingerprint density at radius 2 is 2.05 bits per heavy atom. The summed E-state index contributed by atoms with van der Waals surface area (Å²) < 4.78 is 5.14. The number of anilines is 1. The Morgan fingerprint density at radius 1 is 1.29 bits per heavy atom. The lowest BCUT2D eigenvalue weighted by Gasteiger charge is -2.13. The molecule has 1 heterocycles. The predicted octanol–water partition coefficient (Wildman–Crippen LogP) is 3.89. The minimum Gasteiger partial charge on any atom is -0.448 e. The molecular weight excluding hydrogens is 310 g/mol. The number of carbonyl (C=O) groups excluding carboxylic acids is 2. The molecule has 1 N–H and O–H groups in total. The van der Waals surface area contributed by atoms with Crippen LogP contribution in [0.3, 0.4) is 0 Å². The Hall–Kier alpha value is -1.85. The van der Waals surface area contributed by atoms with Crippen LogP contribution in [0.25, 0.3) is 0 Å². The molecule has 1 aromatic heterocycles. The summed E-state index contributed by atoms with van der Waals surface area (Å²) in [7, 11) is 0. The highest BCUT2D eigenvalue weighted by molar-refractivity contribution is 7.13. The minimum atomic E-state index is -0.890. The fourth-order valence-corrected chi connectivity index (χ4v) is 2.57. The molecule has 0 saturated heterocycles. The minimum absolute atomic E-state index is 0.404. The molecule has 0 saturated carbocycles. The molecule has 4 nitrogen and oxygen atoms in total. The van der Waals surface area contributed by atoms with Crippen molar-refractivity contribution in [2.75, 3.05) is 5.32 Å². The molecule has 0 bridgehead atoms. The second-order valence-electron chi connectivity index (χ2n) is 4.46. The standard InChI is InChI=1S/C15H14ClNO3S/c1-9-6-7-13(21-9)15(19)20-10(2)14(18)17-12-5-3-4-11(16)8-12/h3-8,10H,1-2H3,(H,17,18)/t10-/m1/s1. The van der Waals surface area contributed by atoms with Gasteiger partial charge in [-0.1, -0.05) is 17.7 Å². The van der Waals surface area contributed by atoms with Crippen LogP contribution in [0.4, 0.5) is 5.69 Å². The molecule has 110 valence electrons. The molecule has 0 aliphatic heterocycles. The van der Waals surface area contributed by atoms with Crippen LogP contribution in [0.15, 0.2) is 36.4 Å². The van der Waals surface area contributed by atoms with Crippen LogP contribution < -0.4 is 5.32 Å². The maximum absolute atomic E-state index is 12.0. The number of esters is 1. The van der Waals surface area contributed by atoms with E-state index < -0.39 is 18.0 Å². The summed E-state index contributed by atoms with van der Waals surface area (Å²) in [4.78, 5) is 25.3. The zero-order valence-electron chi connectivity index (χ0n) is 11.6. The number of halogens is 1. The van der Waals surface area contributed by atoms with Crippen molar-refractivity contribution in [1.82, 2.24) is 0 Å². The lowest BCUT2D eigenvalue weighted by Crippen LogP contribution is -2.29. The summed E-state index contributed by atoms with van der Waals surface area (Å²) in [6, 6.07) is 10.3. The van der Waals surface area contributed by atoms with Crippen LogP contribution in [0.5, 0.6) is 0 Å². The zero-order chi connectivity index (χ0) is 15.4. The van der Waals surface area contributed by atoms with Gasteiger partial charge in [0.15, 0.2) is 6.10 Å². The normalized spacial score (nSPS) is 11.8. The van der Waals surface area contributed by atoms with Crippen molar-refractivity contribution in [2.24, 2.45) is 0 Å². The second kappa shape index (κ2) is 6.74. The van der Waals surface area contributed by atoms with E-state index >= 15 is 0 Å². The largest absolute Gasteiger partial charge is 0.448 e. The Bertz CT molecular complexity index is 668. The third-order valence-corrected chi connectivity index (χ3v) is 3.90. The Labute approximate surface area is 131 Å². The molecule has 0 radical (unpaired) electrons. The number of rotatable bonds is 4. The molecule has 0 spiro atoms. The van der Waals surface area contributed by atoms with Gasteiger partial charge >= 0.3 is 5.97 Å². The van der Waals surface area contributed by atoms with E-state index in [1.165, 1.54) is 18.3 Å². The first-order valence-corrected chi connectivity index (χ1v) is 7.49. The molecule has 2 rings (SSSR count). The van der Waals surface area contributed by atoms with Gasteiger partial charge in [-0.25, -0.2) is 4.79 Å². The van der Waals surface area contributed by atoms with E-state index in [0.29, 0.717) is 15.6 Å². The number of benzene rings is 1. The number of hydrogen-bond donors (Lipinski definition) is 1. The molecule has 2 aromatic rings. The van der Waals surface area contributed by atoms with E-state index in [1.54, 1.807) is 30.3 Å². The van der Waals surface area contributed by atoms with Gasteiger partial charge in [-0.05, 0) is 44.2 Å². The molecule has 0 aliphatic carbocycles. The number of ether oxygens (including phenoxy) is 1. The SMILES string of the molecule is Cc1ccc(C(=O)O[C@H](C)C(=O)Nc2cccc(Cl)c2)s1. The van der Waals surface area contributed by atoms with Crippen molar-refractivity contribution >= 4 is 40.5 Å². The molecule has 0 fully saturated rings. The molecule has 21 heavy (non-hydrogen) atoms. The van der Waals surface area contributed by atoms with Crippen LogP contribution in [0.1, 0.15) is 21.5 Å². The van der Waals surface area contributed by atoms with Gasteiger partial charge in [-0.15, -0.1) is 11.3 Å². The molecular formula is C15H14ClNO3S. The Morgan fingerprint density at radius 3 is 2.67 bits per heavy atom. The first kappa shape index (κ1) is 15.5. The van der Waals surface area contributed by atoms with E-state index in [2.05, 4.69) is 5.32 Å². The van der Waals surface area contributed by atoms with Crippen LogP contribution in [-0.2, 0) is 9.53 Å². The monoisotopic (exact) mass is 323 g/mol. The number of nitrogens with one attached hydrogen (secondary N) is 1. The summed E-state index contributed by atoms with van der Waals surface area (Å²) >= 11 is 7.17. The number of amides is 1. The van der Waals surface area contributed by atoms with Crippen LogP contribution in [0, 0.1) is 6.92 Å². The third kappa shape index (κ3) is 4.31. The molecule has 1 aromatic carbocycles. The van der Waals surface area contributed by atoms with Gasteiger partial charge in [0.2, 0.25) is 0 Å². The lowest BCUT2D eigenvalue weighted by atomic mass is 10.3. The molecule has 0 unspecified atom stereocenters. The van der Waals surface area contributed by atoms with Gasteiger partial charge in [0.1, 0.15) is 4.88 Å². The smallest absolute Gasteiger partial charge is 0.349 e. The fraction of sp³-hybridized carbons (Fsp3) is 0.200. The molecule has 6 heteroatoms.